The van der Waals surface area contributed by atoms with E-state index >= 15 is 0 Å². The number of rotatable bonds is 4. The van der Waals surface area contributed by atoms with Gasteiger partial charge in [-0.25, -0.2) is 4.79 Å². The average molecular weight is 389 g/mol. The number of nitrogens with zero attached hydrogens (tertiary/aromatic N) is 1. The third-order valence-corrected chi connectivity index (χ3v) is 4.57. The van der Waals surface area contributed by atoms with Gasteiger partial charge in [-0.1, -0.05) is 6.07 Å². The Hall–Kier alpha value is -3.80. The van der Waals surface area contributed by atoms with E-state index in [0.717, 1.165) is 11.3 Å². The zero-order chi connectivity index (χ0) is 20.5. The highest BCUT2D eigenvalue weighted by Crippen LogP contribution is 2.32. The summed E-state index contributed by atoms with van der Waals surface area (Å²) in [5.41, 5.74) is 2.17. The molecule has 0 N–H and O–H groups in total. The number of hydrogen-bond acceptors (Lipinski definition) is 6. The first-order chi connectivity index (χ1) is 13.9. The molecule has 0 aliphatic rings. The summed E-state index contributed by atoms with van der Waals surface area (Å²) >= 11 is 0. The van der Waals surface area contributed by atoms with E-state index in [1.807, 2.05) is 25.9 Å². The number of fused-ring (bicyclic) bond motifs is 1. The number of aryl methyl sites for hydroxylation is 1. The van der Waals surface area contributed by atoms with E-state index in [2.05, 4.69) is 0 Å². The Morgan fingerprint density at radius 3 is 2.45 bits per heavy atom. The Morgan fingerprint density at radius 2 is 1.79 bits per heavy atom. The van der Waals surface area contributed by atoms with E-state index in [4.69, 9.17) is 13.6 Å². The maximum Gasteiger partial charge on any atom is 0.343 e. The monoisotopic (exact) mass is 389 g/mol. The van der Waals surface area contributed by atoms with Gasteiger partial charge in [-0.15, -0.1) is 0 Å². The Kier molecular flexibility index (Phi) is 4.68. The number of carbonyl (C=O) groups is 1. The Labute approximate surface area is 166 Å². The van der Waals surface area contributed by atoms with Gasteiger partial charge in [0.05, 0.1) is 17.2 Å². The summed E-state index contributed by atoms with van der Waals surface area (Å²) in [5.74, 6) is -0.465. The van der Waals surface area contributed by atoms with Gasteiger partial charge >= 0.3 is 5.97 Å². The summed E-state index contributed by atoms with van der Waals surface area (Å²) in [6.45, 7) is 1.90. The molecule has 2 aromatic carbocycles. The van der Waals surface area contributed by atoms with Crippen LogP contribution in [0.5, 0.6) is 5.75 Å². The maximum atomic E-state index is 13.1. The fourth-order valence-electron chi connectivity index (χ4n) is 2.99. The maximum absolute atomic E-state index is 13.1. The molecule has 0 bridgehead atoms. The van der Waals surface area contributed by atoms with Crippen LogP contribution in [0.1, 0.15) is 15.9 Å². The summed E-state index contributed by atoms with van der Waals surface area (Å²) in [6.07, 6.45) is 1.46. The van der Waals surface area contributed by atoms with Gasteiger partial charge in [0.1, 0.15) is 5.58 Å². The molecule has 0 spiro atoms. The number of anilines is 1. The predicted molar refractivity (Wildman–Crippen MR) is 111 cm³/mol. The second-order valence-electron chi connectivity index (χ2n) is 6.90. The lowest BCUT2D eigenvalue weighted by molar-refractivity contribution is 0.0731. The Bertz CT molecular complexity index is 1230. The molecule has 0 atom stereocenters. The Morgan fingerprint density at radius 1 is 1.03 bits per heavy atom. The molecule has 6 nitrogen and oxygen atoms in total. The highest BCUT2D eigenvalue weighted by Gasteiger charge is 2.23. The van der Waals surface area contributed by atoms with Crippen molar-refractivity contribution in [2.75, 3.05) is 19.0 Å². The molecule has 0 amide bonds. The molecule has 2 aromatic heterocycles. The first-order valence-corrected chi connectivity index (χ1v) is 9.05. The number of furan rings is 1. The van der Waals surface area contributed by atoms with Crippen molar-refractivity contribution in [3.8, 4) is 17.3 Å². The first kappa shape index (κ1) is 18.6. The van der Waals surface area contributed by atoms with Crippen LogP contribution in [0.15, 0.2) is 74.5 Å². The van der Waals surface area contributed by atoms with Crippen LogP contribution in [0.25, 0.3) is 22.5 Å². The minimum absolute atomic E-state index is 0.0800. The largest absolute Gasteiger partial charge is 0.461 e. The van der Waals surface area contributed by atoms with Gasteiger partial charge in [-0.05, 0) is 61.0 Å². The summed E-state index contributed by atoms with van der Waals surface area (Å²) in [7, 11) is 3.82. The number of esters is 1. The standard InChI is InChI=1S/C23H19NO5/c1-14-6-11-17-19(13-14)28-21(18-5-4-12-27-18)22(20(17)25)29-23(26)15-7-9-16(10-8-15)24(2)3/h4-13H,1-3H3. The summed E-state index contributed by atoms with van der Waals surface area (Å²) in [6, 6.07) is 15.4. The molecule has 0 aliphatic carbocycles. The van der Waals surface area contributed by atoms with E-state index in [1.54, 1.807) is 54.6 Å². The number of hydrogen-bond donors (Lipinski definition) is 0. The normalized spacial score (nSPS) is 10.9. The minimum atomic E-state index is -0.651. The van der Waals surface area contributed by atoms with E-state index in [9.17, 15) is 9.59 Å². The molecule has 0 unspecified atom stereocenters. The van der Waals surface area contributed by atoms with Gasteiger partial charge in [-0.3, -0.25) is 4.79 Å². The van der Waals surface area contributed by atoms with Crippen molar-refractivity contribution < 1.29 is 18.4 Å². The average Bonchev–Trinajstić information content (AvgIpc) is 3.24. The van der Waals surface area contributed by atoms with Crippen LogP contribution in [0.3, 0.4) is 0 Å². The van der Waals surface area contributed by atoms with Crippen LogP contribution in [-0.2, 0) is 0 Å². The van der Waals surface area contributed by atoms with Gasteiger partial charge in [0.2, 0.25) is 16.9 Å². The van der Waals surface area contributed by atoms with Crippen molar-refractivity contribution >= 4 is 22.6 Å². The number of benzene rings is 2. The molecule has 0 radical (unpaired) electrons. The van der Waals surface area contributed by atoms with Crippen molar-refractivity contribution in [2.45, 2.75) is 6.92 Å². The molecular weight excluding hydrogens is 370 g/mol. The van der Waals surface area contributed by atoms with E-state index in [0.29, 0.717) is 22.3 Å². The number of carbonyl (C=O) groups excluding carboxylic acids is 1. The highest BCUT2D eigenvalue weighted by molar-refractivity contribution is 5.93. The van der Waals surface area contributed by atoms with E-state index < -0.39 is 11.4 Å². The van der Waals surface area contributed by atoms with Gasteiger partial charge in [0.25, 0.3) is 0 Å². The second kappa shape index (κ2) is 7.31. The van der Waals surface area contributed by atoms with Crippen LogP contribution in [0.2, 0.25) is 0 Å². The zero-order valence-corrected chi connectivity index (χ0v) is 16.3. The summed E-state index contributed by atoms with van der Waals surface area (Å²) < 4.78 is 16.8. The molecule has 6 heteroatoms. The fourth-order valence-corrected chi connectivity index (χ4v) is 2.99. The zero-order valence-electron chi connectivity index (χ0n) is 16.3. The first-order valence-electron chi connectivity index (χ1n) is 9.05. The topological polar surface area (TPSA) is 72.9 Å². The molecule has 29 heavy (non-hydrogen) atoms. The summed E-state index contributed by atoms with van der Waals surface area (Å²) in [4.78, 5) is 27.7. The van der Waals surface area contributed by atoms with E-state index in [-0.39, 0.29) is 11.5 Å². The molecule has 4 aromatic rings. The molecule has 0 saturated heterocycles. The Balaban J connectivity index is 1.80. The third-order valence-electron chi connectivity index (χ3n) is 4.57. The highest BCUT2D eigenvalue weighted by atomic mass is 16.5. The summed E-state index contributed by atoms with van der Waals surface area (Å²) in [5, 5.41) is 0.330. The van der Waals surface area contributed by atoms with Crippen LogP contribution >= 0.6 is 0 Å². The van der Waals surface area contributed by atoms with Crippen LogP contribution in [-0.4, -0.2) is 20.1 Å². The van der Waals surface area contributed by atoms with Crippen molar-refractivity contribution in [2.24, 2.45) is 0 Å². The fraction of sp³-hybridized carbons (Fsp3) is 0.130. The van der Waals surface area contributed by atoms with Gasteiger partial charge in [-0.2, -0.15) is 0 Å². The van der Waals surface area contributed by atoms with Crippen molar-refractivity contribution in [1.29, 1.82) is 0 Å². The molecule has 146 valence electrons. The predicted octanol–water partition coefficient (Wildman–Crippen LogP) is 4.65. The molecule has 0 aliphatic heterocycles. The lowest BCUT2D eigenvalue weighted by Gasteiger charge is -2.13. The second-order valence-corrected chi connectivity index (χ2v) is 6.90. The lowest BCUT2D eigenvalue weighted by Crippen LogP contribution is -2.16. The van der Waals surface area contributed by atoms with Crippen molar-refractivity contribution in [3.63, 3.8) is 0 Å². The van der Waals surface area contributed by atoms with Gasteiger partial charge < -0.3 is 18.5 Å². The van der Waals surface area contributed by atoms with Gasteiger partial charge in [0.15, 0.2) is 5.76 Å². The van der Waals surface area contributed by atoms with E-state index in [1.165, 1.54) is 6.26 Å². The van der Waals surface area contributed by atoms with Gasteiger partial charge in [0, 0.05) is 19.8 Å². The molecule has 0 fully saturated rings. The SMILES string of the molecule is Cc1ccc2c(=O)c(OC(=O)c3ccc(N(C)C)cc3)c(-c3ccco3)oc2c1. The smallest absolute Gasteiger partial charge is 0.343 e. The van der Waals surface area contributed by atoms with Crippen LogP contribution < -0.4 is 15.1 Å². The lowest BCUT2D eigenvalue weighted by atomic mass is 10.1. The third kappa shape index (κ3) is 3.52. The molecule has 2 heterocycles. The van der Waals surface area contributed by atoms with Crippen molar-refractivity contribution in [1.82, 2.24) is 0 Å². The number of ether oxygens (including phenoxy) is 1. The van der Waals surface area contributed by atoms with Crippen LogP contribution in [0.4, 0.5) is 5.69 Å². The van der Waals surface area contributed by atoms with Crippen LogP contribution in [0, 0.1) is 6.92 Å². The molecule has 0 saturated carbocycles. The molecule has 4 rings (SSSR count). The quantitative estimate of drug-likeness (QED) is 0.473. The molecular formula is C23H19NO5. The van der Waals surface area contributed by atoms with Crippen molar-refractivity contribution in [3.05, 3.63) is 82.2 Å². The minimum Gasteiger partial charge on any atom is -0.461 e.